The second kappa shape index (κ2) is 6.47. The van der Waals surface area contributed by atoms with Gasteiger partial charge in [-0.05, 0) is 19.1 Å². The predicted molar refractivity (Wildman–Crippen MR) is 61.1 cm³/mol. The van der Waals surface area contributed by atoms with Gasteiger partial charge >= 0.3 is 12.0 Å². The van der Waals surface area contributed by atoms with Gasteiger partial charge in [-0.15, -0.1) is 0 Å². The zero-order valence-corrected chi connectivity index (χ0v) is 9.77. The van der Waals surface area contributed by atoms with Crippen LogP contribution < -0.4 is 10.6 Å². The molecule has 1 aromatic heterocycles. The number of aromatic nitrogens is 1. The van der Waals surface area contributed by atoms with E-state index in [2.05, 4.69) is 20.4 Å². The molecule has 1 aromatic rings. The lowest BCUT2D eigenvalue weighted by Gasteiger charge is -2.12. The Morgan fingerprint density at radius 2 is 2.24 bits per heavy atom. The van der Waals surface area contributed by atoms with Crippen molar-refractivity contribution < 1.29 is 14.3 Å². The molecule has 1 rings (SSSR count). The second-order valence-corrected chi connectivity index (χ2v) is 3.39. The lowest BCUT2D eigenvalue weighted by Crippen LogP contribution is -2.44. The van der Waals surface area contributed by atoms with Gasteiger partial charge in [-0.2, -0.15) is 0 Å². The number of methoxy groups -OCH3 is 1. The van der Waals surface area contributed by atoms with Crippen molar-refractivity contribution in [2.75, 3.05) is 7.11 Å². The second-order valence-electron chi connectivity index (χ2n) is 3.39. The molecule has 92 valence electrons. The number of amides is 2. The maximum atomic E-state index is 11.4. The van der Waals surface area contributed by atoms with E-state index in [0.29, 0.717) is 6.54 Å². The average molecular weight is 237 g/mol. The fourth-order valence-corrected chi connectivity index (χ4v) is 1.16. The molecule has 2 amide bonds. The molecule has 0 spiro atoms. The van der Waals surface area contributed by atoms with Crippen molar-refractivity contribution in [1.82, 2.24) is 15.6 Å². The Bertz CT molecular complexity index is 381. The Balaban J connectivity index is 2.33. The van der Waals surface area contributed by atoms with Gasteiger partial charge in [-0.3, -0.25) is 4.98 Å². The summed E-state index contributed by atoms with van der Waals surface area (Å²) in [5, 5.41) is 5.04. The van der Waals surface area contributed by atoms with Gasteiger partial charge in [0.15, 0.2) is 0 Å². The normalized spacial score (nSPS) is 11.4. The van der Waals surface area contributed by atoms with Gasteiger partial charge in [0, 0.05) is 6.20 Å². The molecule has 6 nitrogen and oxygen atoms in total. The van der Waals surface area contributed by atoms with Crippen molar-refractivity contribution in [3.63, 3.8) is 0 Å². The third-order valence-electron chi connectivity index (χ3n) is 2.06. The van der Waals surface area contributed by atoms with Crippen molar-refractivity contribution >= 4 is 12.0 Å². The lowest BCUT2D eigenvalue weighted by atomic mass is 10.3. The minimum absolute atomic E-state index is 0.306. The summed E-state index contributed by atoms with van der Waals surface area (Å²) in [6.45, 7) is 1.85. The van der Waals surface area contributed by atoms with E-state index in [1.54, 1.807) is 25.3 Å². The summed E-state index contributed by atoms with van der Waals surface area (Å²) in [6.07, 6.45) is 1.64. The summed E-state index contributed by atoms with van der Waals surface area (Å²) >= 11 is 0. The van der Waals surface area contributed by atoms with Crippen LogP contribution in [0.3, 0.4) is 0 Å². The van der Waals surface area contributed by atoms with Crippen LogP contribution in [0, 0.1) is 0 Å². The Morgan fingerprint density at radius 1 is 1.47 bits per heavy atom. The fraction of sp³-hybridized carbons (Fsp3) is 0.364. The lowest BCUT2D eigenvalue weighted by molar-refractivity contribution is -0.142. The highest BCUT2D eigenvalue weighted by Crippen LogP contribution is 1.92. The van der Waals surface area contributed by atoms with Gasteiger partial charge in [-0.1, -0.05) is 6.07 Å². The molecule has 0 fully saturated rings. The first-order valence-electron chi connectivity index (χ1n) is 5.15. The summed E-state index contributed by atoms with van der Waals surface area (Å²) in [7, 11) is 1.27. The number of ether oxygens (including phenoxy) is 1. The number of rotatable bonds is 4. The van der Waals surface area contributed by atoms with E-state index in [4.69, 9.17) is 0 Å². The van der Waals surface area contributed by atoms with Crippen LogP contribution in [-0.2, 0) is 16.1 Å². The number of esters is 1. The van der Waals surface area contributed by atoms with Gasteiger partial charge in [0.2, 0.25) is 0 Å². The number of nitrogens with zero attached hydrogens (tertiary/aromatic N) is 1. The standard InChI is InChI=1S/C11H15N3O3/c1-8(10(15)17-2)14-11(16)13-7-9-5-3-4-6-12-9/h3-6,8H,7H2,1-2H3,(H2,13,14,16). The van der Waals surface area contributed by atoms with E-state index in [1.807, 2.05) is 6.07 Å². The summed E-state index contributed by atoms with van der Waals surface area (Å²) < 4.78 is 4.48. The minimum Gasteiger partial charge on any atom is -0.467 e. The van der Waals surface area contributed by atoms with Crippen molar-refractivity contribution in [3.8, 4) is 0 Å². The predicted octanol–water partition coefficient (Wildman–Crippen LogP) is 0.442. The van der Waals surface area contributed by atoms with E-state index in [1.165, 1.54) is 7.11 Å². The van der Waals surface area contributed by atoms with Crippen LogP contribution >= 0.6 is 0 Å². The highest BCUT2D eigenvalue weighted by Gasteiger charge is 2.15. The quantitative estimate of drug-likeness (QED) is 0.745. The molecule has 0 aromatic carbocycles. The van der Waals surface area contributed by atoms with Crippen LogP contribution in [0.2, 0.25) is 0 Å². The Hall–Kier alpha value is -2.11. The van der Waals surface area contributed by atoms with Gasteiger partial charge in [0.05, 0.1) is 19.3 Å². The first kappa shape index (κ1) is 13.0. The molecule has 6 heteroatoms. The zero-order chi connectivity index (χ0) is 12.7. The number of urea groups is 1. The molecule has 17 heavy (non-hydrogen) atoms. The largest absolute Gasteiger partial charge is 0.467 e. The number of carbonyl (C=O) groups is 2. The third-order valence-corrected chi connectivity index (χ3v) is 2.06. The molecule has 0 saturated heterocycles. The number of hydrogen-bond acceptors (Lipinski definition) is 4. The van der Waals surface area contributed by atoms with E-state index in [0.717, 1.165) is 5.69 Å². The fourth-order valence-electron chi connectivity index (χ4n) is 1.16. The molecular formula is C11H15N3O3. The van der Waals surface area contributed by atoms with Crippen LogP contribution in [0.25, 0.3) is 0 Å². The topological polar surface area (TPSA) is 80.3 Å². The smallest absolute Gasteiger partial charge is 0.328 e. The molecule has 0 aliphatic carbocycles. The molecule has 0 aliphatic heterocycles. The Kier molecular flexibility index (Phi) is 4.93. The van der Waals surface area contributed by atoms with E-state index in [9.17, 15) is 9.59 Å². The molecule has 0 radical (unpaired) electrons. The van der Waals surface area contributed by atoms with Crippen LogP contribution in [0.1, 0.15) is 12.6 Å². The molecular weight excluding hydrogens is 222 g/mol. The molecule has 1 atom stereocenters. The Labute approximate surface area is 99.4 Å². The van der Waals surface area contributed by atoms with Crippen LogP contribution in [0.4, 0.5) is 4.79 Å². The van der Waals surface area contributed by atoms with E-state index in [-0.39, 0.29) is 0 Å². The minimum atomic E-state index is -0.677. The molecule has 2 N–H and O–H groups in total. The maximum Gasteiger partial charge on any atom is 0.328 e. The SMILES string of the molecule is COC(=O)C(C)NC(=O)NCc1ccccn1. The van der Waals surface area contributed by atoms with Crippen molar-refractivity contribution in [1.29, 1.82) is 0 Å². The maximum absolute atomic E-state index is 11.4. The first-order valence-corrected chi connectivity index (χ1v) is 5.15. The molecule has 0 bridgehead atoms. The number of carbonyl (C=O) groups excluding carboxylic acids is 2. The van der Waals surface area contributed by atoms with Crippen LogP contribution in [0.5, 0.6) is 0 Å². The summed E-state index contributed by atoms with van der Waals surface area (Å²) in [6, 6.07) is 4.31. The molecule has 0 aliphatic rings. The van der Waals surface area contributed by atoms with Gasteiger partial charge in [-0.25, -0.2) is 9.59 Å². The van der Waals surface area contributed by atoms with Crippen molar-refractivity contribution in [3.05, 3.63) is 30.1 Å². The van der Waals surface area contributed by atoms with E-state index < -0.39 is 18.0 Å². The average Bonchev–Trinajstić information content (AvgIpc) is 2.36. The molecule has 1 unspecified atom stereocenters. The van der Waals surface area contributed by atoms with Crippen LogP contribution in [-0.4, -0.2) is 30.1 Å². The van der Waals surface area contributed by atoms with Crippen LogP contribution in [0.15, 0.2) is 24.4 Å². The van der Waals surface area contributed by atoms with Gasteiger partial charge in [0.25, 0.3) is 0 Å². The summed E-state index contributed by atoms with van der Waals surface area (Å²) in [4.78, 5) is 26.5. The Morgan fingerprint density at radius 3 is 2.82 bits per heavy atom. The third kappa shape index (κ3) is 4.50. The highest BCUT2D eigenvalue weighted by molar-refractivity contribution is 5.83. The van der Waals surface area contributed by atoms with Gasteiger partial charge < -0.3 is 15.4 Å². The number of pyridine rings is 1. The monoisotopic (exact) mass is 237 g/mol. The van der Waals surface area contributed by atoms with Crippen molar-refractivity contribution in [2.45, 2.75) is 19.5 Å². The molecule has 1 heterocycles. The number of hydrogen-bond donors (Lipinski definition) is 2. The number of nitrogens with one attached hydrogen (secondary N) is 2. The summed E-state index contributed by atoms with van der Waals surface area (Å²) in [5.74, 6) is -0.488. The van der Waals surface area contributed by atoms with Gasteiger partial charge in [0.1, 0.15) is 6.04 Å². The summed E-state index contributed by atoms with van der Waals surface area (Å²) in [5.41, 5.74) is 0.744. The van der Waals surface area contributed by atoms with E-state index >= 15 is 0 Å². The zero-order valence-electron chi connectivity index (χ0n) is 9.77. The first-order chi connectivity index (χ1) is 8.13. The van der Waals surface area contributed by atoms with Crippen molar-refractivity contribution in [2.24, 2.45) is 0 Å². The molecule has 0 saturated carbocycles. The highest BCUT2D eigenvalue weighted by atomic mass is 16.5.